The van der Waals surface area contributed by atoms with E-state index >= 15 is 0 Å². The summed E-state index contributed by atoms with van der Waals surface area (Å²) in [6.07, 6.45) is 1.24. The first-order valence-corrected chi connectivity index (χ1v) is 9.24. The molecule has 0 unspecified atom stereocenters. The van der Waals surface area contributed by atoms with Crippen LogP contribution in [0, 0.1) is 0 Å². The molecule has 1 aromatic carbocycles. The lowest BCUT2D eigenvalue weighted by Gasteiger charge is -2.09. The van der Waals surface area contributed by atoms with Gasteiger partial charge in [-0.3, -0.25) is 4.79 Å². The smallest absolute Gasteiger partial charge is 0.308 e. The summed E-state index contributed by atoms with van der Waals surface area (Å²) in [6, 6.07) is 4.90. The summed E-state index contributed by atoms with van der Waals surface area (Å²) in [6.45, 7) is 2.11. The Morgan fingerprint density at radius 3 is 2.93 bits per heavy atom. The first kappa shape index (κ1) is 18.9. The molecule has 27 heavy (non-hydrogen) atoms. The molecule has 0 saturated heterocycles. The van der Waals surface area contributed by atoms with Gasteiger partial charge in [0.15, 0.2) is 11.5 Å². The second-order valence-corrected chi connectivity index (χ2v) is 6.64. The van der Waals surface area contributed by atoms with E-state index in [0.717, 1.165) is 5.56 Å². The van der Waals surface area contributed by atoms with Gasteiger partial charge in [0, 0.05) is 16.5 Å². The van der Waals surface area contributed by atoms with Gasteiger partial charge in [-0.1, -0.05) is 16.8 Å². The summed E-state index contributed by atoms with van der Waals surface area (Å²) >= 11 is 7.53. The average molecular weight is 407 g/mol. The van der Waals surface area contributed by atoms with Gasteiger partial charge in [0.2, 0.25) is 5.82 Å². The molecule has 0 spiro atoms. The Labute approximate surface area is 163 Å². The monoisotopic (exact) mass is 406 g/mol. The SMILES string of the molecule is CCOc1cc(/C=C(\CC(=O)O)c2nc(-c3ccsc3)no2)cc(Cl)c1O. The van der Waals surface area contributed by atoms with Crippen LogP contribution in [-0.4, -0.2) is 32.9 Å². The number of phenolic OH excluding ortho intramolecular Hbond substituents is 1. The quantitative estimate of drug-likeness (QED) is 0.591. The number of carboxylic acid groups (broad SMARTS) is 1. The third-order valence-electron chi connectivity index (χ3n) is 3.51. The average Bonchev–Trinajstić information content (AvgIpc) is 3.29. The van der Waals surface area contributed by atoms with Crippen LogP contribution in [0.25, 0.3) is 23.0 Å². The molecular weight excluding hydrogens is 392 g/mol. The number of benzene rings is 1. The van der Waals surface area contributed by atoms with Crippen LogP contribution in [0.4, 0.5) is 0 Å². The van der Waals surface area contributed by atoms with Crippen LogP contribution in [0.15, 0.2) is 33.5 Å². The van der Waals surface area contributed by atoms with Gasteiger partial charge in [-0.2, -0.15) is 16.3 Å². The molecule has 9 heteroatoms. The van der Waals surface area contributed by atoms with E-state index in [2.05, 4.69) is 10.1 Å². The number of thiophene rings is 1. The van der Waals surface area contributed by atoms with Crippen LogP contribution in [0.5, 0.6) is 11.5 Å². The maximum Gasteiger partial charge on any atom is 0.308 e. The minimum Gasteiger partial charge on any atom is -0.503 e. The highest BCUT2D eigenvalue weighted by Crippen LogP contribution is 2.36. The van der Waals surface area contributed by atoms with Gasteiger partial charge in [0.05, 0.1) is 18.1 Å². The molecule has 7 nitrogen and oxygen atoms in total. The molecule has 0 fully saturated rings. The van der Waals surface area contributed by atoms with Gasteiger partial charge >= 0.3 is 5.97 Å². The molecule has 0 saturated carbocycles. The maximum absolute atomic E-state index is 11.3. The number of aromatic nitrogens is 2. The van der Waals surface area contributed by atoms with Crippen molar-refractivity contribution in [2.24, 2.45) is 0 Å². The van der Waals surface area contributed by atoms with Crippen molar-refractivity contribution in [1.82, 2.24) is 10.1 Å². The molecule has 0 radical (unpaired) electrons. The molecule has 3 rings (SSSR count). The molecule has 2 aromatic heterocycles. The van der Waals surface area contributed by atoms with Crippen LogP contribution in [0.2, 0.25) is 5.02 Å². The first-order valence-electron chi connectivity index (χ1n) is 7.92. The Morgan fingerprint density at radius 2 is 2.26 bits per heavy atom. The molecule has 0 amide bonds. The van der Waals surface area contributed by atoms with Crippen LogP contribution < -0.4 is 4.74 Å². The standard InChI is InChI=1S/C18H15ClN2O5S/c1-2-25-14-7-10(6-13(19)16(14)24)5-12(8-15(22)23)18-20-17(21-26-18)11-3-4-27-9-11/h3-7,9,24H,2,8H2,1H3,(H,22,23)/b12-5+. The Morgan fingerprint density at radius 1 is 1.44 bits per heavy atom. The molecule has 0 aliphatic rings. The number of aliphatic carboxylic acids is 1. The van der Waals surface area contributed by atoms with E-state index in [-0.39, 0.29) is 28.8 Å². The minimum absolute atomic E-state index is 0.0892. The number of hydrogen-bond acceptors (Lipinski definition) is 7. The van der Waals surface area contributed by atoms with Crippen molar-refractivity contribution in [3.8, 4) is 22.9 Å². The van der Waals surface area contributed by atoms with Crippen LogP contribution >= 0.6 is 22.9 Å². The van der Waals surface area contributed by atoms with Crippen molar-refractivity contribution >= 4 is 40.6 Å². The van der Waals surface area contributed by atoms with Gasteiger partial charge in [-0.15, -0.1) is 0 Å². The summed E-state index contributed by atoms with van der Waals surface area (Å²) in [7, 11) is 0. The number of halogens is 1. The molecule has 0 aliphatic carbocycles. The highest BCUT2D eigenvalue weighted by atomic mass is 35.5. The largest absolute Gasteiger partial charge is 0.503 e. The predicted octanol–water partition coefficient (Wildman–Crippen LogP) is 4.57. The molecule has 0 bridgehead atoms. The van der Waals surface area contributed by atoms with E-state index in [1.165, 1.54) is 17.4 Å². The third-order valence-corrected chi connectivity index (χ3v) is 4.48. The van der Waals surface area contributed by atoms with Crippen molar-refractivity contribution in [1.29, 1.82) is 0 Å². The summed E-state index contributed by atoms with van der Waals surface area (Å²) in [5.74, 6) is -0.545. The number of hydrogen-bond donors (Lipinski definition) is 2. The van der Waals surface area contributed by atoms with E-state index < -0.39 is 5.97 Å². The number of aromatic hydroxyl groups is 1. The lowest BCUT2D eigenvalue weighted by atomic mass is 10.1. The van der Waals surface area contributed by atoms with Gasteiger partial charge in [-0.25, -0.2) is 0 Å². The summed E-state index contributed by atoms with van der Waals surface area (Å²) in [5.41, 5.74) is 1.63. The summed E-state index contributed by atoms with van der Waals surface area (Å²) in [5, 5.41) is 26.9. The zero-order valence-electron chi connectivity index (χ0n) is 14.2. The predicted molar refractivity (Wildman–Crippen MR) is 102 cm³/mol. The zero-order valence-corrected chi connectivity index (χ0v) is 15.8. The number of nitrogens with zero attached hydrogens (tertiary/aromatic N) is 2. The zero-order chi connectivity index (χ0) is 19.4. The van der Waals surface area contributed by atoms with Gasteiger partial charge < -0.3 is 19.5 Å². The second-order valence-electron chi connectivity index (χ2n) is 5.46. The molecular formula is C18H15ClN2O5S. The number of phenols is 1. The van der Waals surface area contributed by atoms with Crippen molar-refractivity contribution < 1.29 is 24.3 Å². The molecule has 0 atom stereocenters. The number of carboxylic acids is 1. The Bertz CT molecular complexity index is 982. The first-order chi connectivity index (χ1) is 13.0. The van der Waals surface area contributed by atoms with E-state index in [1.807, 2.05) is 16.8 Å². The Hall–Kier alpha value is -2.84. The normalized spacial score (nSPS) is 11.6. The van der Waals surface area contributed by atoms with Crippen LogP contribution in [0.3, 0.4) is 0 Å². The Kier molecular flexibility index (Phi) is 5.78. The van der Waals surface area contributed by atoms with Crippen molar-refractivity contribution in [2.45, 2.75) is 13.3 Å². The van der Waals surface area contributed by atoms with Gasteiger partial charge in [0.25, 0.3) is 5.89 Å². The third kappa shape index (κ3) is 4.47. The number of carbonyl (C=O) groups is 1. The van der Waals surface area contributed by atoms with Crippen LogP contribution in [0.1, 0.15) is 24.8 Å². The van der Waals surface area contributed by atoms with E-state index in [1.54, 1.807) is 19.1 Å². The van der Waals surface area contributed by atoms with E-state index in [0.29, 0.717) is 23.6 Å². The highest BCUT2D eigenvalue weighted by Gasteiger charge is 2.17. The minimum atomic E-state index is -1.05. The second kappa shape index (κ2) is 8.24. The van der Waals surface area contributed by atoms with Gasteiger partial charge in [0.1, 0.15) is 0 Å². The maximum atomic E-state index is 11.3. The summed E-state index contributed by atoms with van der Waals surface area (Å²) in [4.78, 5) is 15.6. The fourth-order valence-electron chi connectivity index (χ4n) is 2.36. The van der Waals surface area contributed by atoms with Gasteiger partial charge in [-0.05, 0) is 42.1 Å². The Balaban J connectivity index is 2.01. The molecule has 2 N–H and O–H groups in total. The fourth-order valence-corrected chi connectivity index (χ4v) is 3.21. The summed E-state index contributed by atoms with van der Waals surface area (Å²) < 4.78 is 10.6. The van der Waals surface area contributed by atoms with Crippen molar-refractivity contribution in [2.75, 3.05) is 6.61 Å². The van der Waals surface area contributed by atoms with E-state index in [4.69, 9.17) is 20.9 Å². The molecule has 2 heterocycles. The lowest BCUT2D eigenvalue weighted by Crippen LogP contribution is -1.98. The molecule has 140 valence electrons. The van der Waals surface area contributed by atoms with Crippen molar-refractivity contribution in [3.63, 3.8) is 0 Å². The lowest BCUT2D eigenvalue weighted by molar-refractivity contribution is -0.135. The van der Waals surface area contributed by atoms with Crippen LogP contribution in [-0.2, 0) is 4.79 Å². The molecule has 0 aliphatic heterocycles. The highest BCUT2D eigenvalue weighted by molar-refractivity contribution is 7.08. The van der Waals surface area contributed by atoms with E-state index in [9.17, 15) is 15.0 Å². The van der Waals surface area contributed by atoms with Crippen molar-refractivity contribution in [3.05, 3.63) is 45.4 Å². The number of rotatable bonds is 7. The molecule has 3 aromatic rings. The topological polar surface area (TPSA) is 106 Å². The number of ether oxygens (including phenoxy) is 1. The fraction of sp³-hybridized carbons (Fsp3) is 0.167.